The largest absolute Gasteiger partial charge is 0.392 e. The first kappa shape index (κ1) is 14.1. The molecule has 0 aliphatic carbocycles. The van der Waals surface area contributed by atoms with E-state index in [0.717, 1.165) is 37.4 Å². The Morgan fingerprint density at radius 1 is 1.05 bits per heavy atom. The van der Waals surface area contributed by atoms with E-state index in [1.165, 1.54) is 5.56 Å². The number of aliphatic hydroxyl groups is 1. The minimum atomic E-state index is 0.0802. The van der Waals surface area contributed by atoms with Crippen molar-refractivity contribution >= 4 is 5.69 Å². The molecule has 1 aliphatic rings. The van der Waals surface area contributed by atoms with E-state index in [4.69, 9.17) is 4.74 Å². The summed E-state index contributed by atoms with van der Waals surface area (Å²) >= 11 is 0. The minimum absolute atomic E-state index is 0.0802. The van der Waals surface area contributed by atoms with E-state index >= 15 is 0 Å². The van der Waals surface area contributed by atoms with Crippen LogP contribution in [-0.2, 0) is 17.8 Å². The molecule has 0 bridgehead atoms. The average molecular weight is 283 g/mol. The Hall–Kier alpha value is -1.84. The Morgan fingerprint density at radius 3 is 2.62 bits per heavy atom. The lowest BCUT2D eigenvalue weighted by Crippen LogP contribution is -2.43. The number of rotatable bonds is 4. The molecular formula is C18H21NO2. The van der Waals surface area contributed by atoms with Gasteiger partial charge in [0, 0.05) is 30.8 Å². The molecule has 1 heterocycles. The fraction of sp³-hybridized carbons (Fsp3) is 0.333. The van der Waals surface area contributed by atoms with Crippen LogP contribution in [0.25, 0.3) is 0 Å². The lowest BCUT2D eigenvalue weighted by molar-refractivity contribution is 0.0409. The number of benzene rings is 2. The second kappa shape index (κ2) is 6.74. The molecule has 2 aromatic rings. The monoisotopic (exact) mass is 283 g/mol. The van der Waals surface area contributed by atoms with Crippen LogP contribution in [0.2, 0.25) is 0 Å². The van der Waals surface area contributed by atoms with E-state index in [0.29, 0.717) is 0 Å². The van der Waals surface area contributed by atoms with Gasteiger partial charge in [0.2, 0.25) is 0 Å². The predicted octanol–water partition coefficient (Wildman–Crippen LogP) is 2.63. The topological polar surface area (TPSA) is 32.7 Å². The number of ether oxygens (including phenoxy) is 1. The van der Waals surface area contributed by atoms with E-state index in [1.54, 1.807) is 0 Å². The van der Waals surface area contributed by atoms with Gasteiger partial charge in [-0.1, -0.05) is 48.5 Å². The van der Waals surface area contributed by atoms with Gasteiger partial charge in [0.05, 0.1) is 19.3 Å². The summed E-state index contributed by atoms with van der Waals surface area (Å²) in [5.74, 6) is 0. The molecule has 0 spiro atoms. The summed E-state index contributed by atoms with van der Waals surface area (Å²) in [6.45, 7) is 2.56. The van der Waals surface area contributed by atoms with E-state index in [9.17, 15) is 5.11 Å². The van der Waals surface area contributed by atoms with Crippen molar-refractivity contribution < 1.29 is 9.84 Å². The first-order valence-electron chi connectivity index (χ1n) is 7.46. The van der Waals surface area contributed by atoms with Gasteiger partial charge >= 0.3 is 0 Å². The van der Waals surface area contributed by atoms with Gasteiger partial charge < -0.3 is 14.7 Å². The third-order valence-electron chi connectivity index (χ3n) is 3.95. The Kier molecular flexibility index (Phi) is 4.53. The molecule has 1 aliphatic heterocycles. The van der Waals surface area contributed by atoms with Crippen molar-refractivity contribution in [2.75, 3.05) is 24.6 Å². The Morgan fingerprint density at radius 2 is 1.81 bits per heavy atom. The maximum Gasteiger partial charge on any atom is 0.0791 e. The molecule has 3 rings (SSSR count). The summed E-state index contributed by atoms with van der Waals surface area (Å²) in [4.78, 5) is 2.32. The van der Waals surface area contributed by atoms with Crippen molar-refractivity contribution in [3.63, 3.8) is 0 Å². The highest BCUT2D eigenvalue weighted by molar-refractivity contribution is 5.53. The number of morpholine rings is 1. The lowest BCUT2D eigenvalue weighted by atomic mass is 10.1. The second-order valence-corrected chi connectivity index (χ2v) is 5.42. The van der Waals surface area contributed by atoms with Gasteiger partial charge in [0.25, 0.3) is 0 Å². The highest BCUT2D eigenvalue weighted by atomic mass is 16.5. The molecule has 1 fully saturated rings. The van der Waals surface area contributed by atoms with E-state index in [1.807, 2.05) is 24.3 Å². The van der Waals surface area contributed by atoms with Gasteiger partial charge in [-0.05, 0) is 11.6 Å². The summed E-state index contributed by atoms with van der Waals surface area (Å²) in [5, 5.41) is 9.49. The van der Waals surface area contributed by atoms with Crippen LogP contribution in [0.5, 0.6) is 0 Å². The number of hydrogen-bond acceptors (Lipinski definition) is 3. The zero-order chi connectivity index (χ0) is 14.5. The quantitative estimate of drug-likeness (QED) is 0.936. The molecular weight excluding hydrogens is 262 g/mol. The van der Waals surface area contributed by atoms with E-state index in [2.05, 4.69) is 35.2 Å². The summed E-state index contributed by atoms with van der Waals surface area (Å²) < 4.78 is 5.90. The Balaban J connectivity index is 1.71. The molecule has 110 valence electrons. The SMILES string of the molecule is OCc1ccccc1N1CCO[C@H](Cc2ccccc2)C1. The highest BCUT2D eigenvalue weighted by Gasteiger charge is 2.22. The minimum Gasteiger partial charge on any atom is -0.392 e. The van der Waals surface area contributed by atoms with Crippen molar-refractivity contribution in [1.29, 1.82) is 0 Å². The van der Waals surface area contributed by atoms with Gasteiger partial charge in [0.1, 0.15) is 0 Å². The fourth-order valence-electron chi connectivity index (χ4n) is 2.89. The summed E-state index contributed by atoms with van der Waals surface area (Å²) in [6, 6.07) is 18.5. The zero-order valence-corrected chi connectivity index (χ0v) is 12.1. The second-order valence-electron chi connectivity index (χ2n) is 5.42. The van der Waals surface area contributed by atoms with E-state index in [-0.39, 0.29) is 12.7 Å². The fourth-order valence-corrected chi connectivity index (χ4v) is 2.89. The Labute approximate surface area is 125 Å². The average Bonchev–Trinajstić information content (AvgIpc) is 2.56. The van der Waals surface area contributed by atoms with Gasteiger partial charge in [0.15, 0.2) is 0 Å². The number of hydrogen-bond donors (Lipinski definition) is 1. The van der Waals surface area contributed by atoms with Crippen LogP contribution >= 0.6 is 0 Å². The molecule has 0 radical (unpaired) electrons. The van der Waals surface area contributed by atoms with Crippen molar-refractivity contribution in [2.24, 2.45) is 0 Å². The molecule has 1 saturated heterocycles. The van der Waals surface area contributed by atoms with Gasteiger partial charge in [-0.3, -0.25) is 0 Å². The van der Waals surface area contributed by atoms with Crippen LogP contribution in [0.1, 0.15) is 11.1 Å². The van der Waals surface area contributed by atoms with Crippen LogP contribution in [0, 0.1) is 0 Å². The number of para-hydroxylation sites is 1. The van der Waals surface area contributed by atoms with Crippen LogP contribution in [0.15, 0.2) is 54.6 Å². The summed E-state index contributed by atoms with van der Waals surface area (Å²) in [7, 11) is 0. The van der Waals surface area contributed by atoms with Crippen molar-refractivity contribution in [1.82, 2.24) is 0 Å². The van der Waals surface area contributed by atoms with Crippen LogP contribution in [0.4, 0.5) is 5.69 Å². The first-order valence-corrected chi connectivity index (χ1v) is 7.46. The number of aliphatic hydroxyl groups excluding tert-OH is 1. The molecule has 2 aromatic carbocycles. The number of anilines is 1. The molecule has 1 atom stereocenters. The third kappa shape index (κ3) is 3.43. The molecule has 3 nitrogen and oxygen atoms in total. The highest BCUT2D eigenvalue weighted by Crippen LogP contribution is 2.23. The molecule has 0 amide bonds. The molecule has 0 saturated carbocycles. The Bertz CT molecular complexity index is 570. The van der Waals surface area contributed by atoms with Crippen molar-refractivity contribution in [2.45, 2.75) is 19.1 Å². The normalized spacial score (nSPS) is 18.7. The molecule has 21 heavy (non-hydrogen) atoms. The zero-order valence-electron chi connectivity index (χ0n) is 12.1. The van der Waals surface area contributed by atoms with Crippen LogP contribution in [0.3, 0.4) is 0 Å². The van der Waals surface area contributed by atoms with Gasteiger partial charge in [-0.2, -0.15) is 0 Å². The first-order chi connectivity index (χ1) is 10.4. The van der Waals surface area contributed by atoms with Crippen molar-refractivity contribution in [3.05, 3.63) is 65.7 Å². The standard InChI is InChI=1S/C18H21NO2/c20-14-16-8-4-5-9-18(16)19-10-11-21-17(13-19)12-15-6-2-1-3-7-15/h1-9,17,20H,10-14H2/t17-/m1/s1. The predicted molar refractivity (Wildman–Crippen MR) is 84.5 cm³/mol. The summed E-state index contributed by atoms with van der Waals surface area (Å²) in [5.41, 5.74) is 3.42. The summed E-state index contributed by atoms with van der Waals surface area (Å²) in [6.07, 6.45) is 1.13. The maximum absolute atomic E-state index is 9.49. The van der Waals surface area contributed by atoms with Crippen LogP contribution < -0.4 is 4.90 Å². The van der Waals surface area contributed by atoms with Gasteiger partial charge in [-0.15, -0.1) is 0 Å². The van der Waals surface area contributed by atoms with E-state index < -0.39 is 0 Å². The van der Waals surface area contributed by atoms with Gasteiger partial charge in [-0.25, -0.2) is 0 Å². The smallest absolute Gasteiger partial charge is 0.0791 e. The van der Waals surface area contributed by atoms with Crippen LogP contribution in [-0.4, -0.2) is 30.9 Å². The van der Waals surface area contributed by atoms with Crippen molar-refractivity contribution in [3.8, 4) is 0 Å². The molecule has 0 aromatic heterocycles. The number of nitrogens with zero attached hydrogens (tertiary/aromatic N) is 1. The third-order valence-corrected chi connectivity index (χ3v) is 3.95. The molecule has 1 N–H and O–H groups in total. The lowest BCUT2D eigenvalue weighted by Gasteiger charge is -2.35. The maximum atomic E-state index is 9.49. The molecule has 0 unspecified atom stereocenters. The molecule has 3 heteroatoms.